The predicted octanol–water partition coefficient (Wildman–Crippen LogP) is 1.35. The Kier molecular flexibility index (Phi) is 5.92. The smallest absolute Gasteiger partial charge is 0.270 e. The summed E-state index contributed by atoms with van der Waals surface area (Å²) in [7, 11) is 0. The molecule has 1 aromatic carbocycles. The number of nitro groups is 1. The molecule has 0 fully saturated rings. The number of nitro benzene ring substituents is 1. The first kappa shape index (κ1) is 15.9. The van der Waals surface area contributed by atoms with Crippen molar-refractivity contribution < 1.29 is 14.5 Å². The van der Waals surface area contributed by atoms with Gasteiger partial charge < -0.3 is 15.8 Å². The van der Waals surface area contributed by atoms with Gasteiger partial charge in [0.2, 0.25) is 0 Å². The Bertz CT molecular complexity index is 491. The van der Waals surface area contributed by atoms with Gasteiger partial charge in [0.1, 0.15) is 5.75 Å². The number of nitrogens with two attached hydrogens (primary N) is 1. The molecule has 1 aromatic rings. The van der Waals surface area contributed by atoms with Gasteiger partial charge in [0.15, 0.2) is 6.61 Å². The van der Waals surface area contributed by atoms with Crippen LogP contribution in [0, 0.1) is 10.1 Å². The summed E-state index contributed by atoms with van der Waals surface area (Å²) < 4.78 is 5.36. The van der Waals surface area contributed by atoms with Crippen molar-refractivity contribution in [2.45, 2.75) is 32.9 Å². The summed E-state index contributed by atoms with van der Waals surface area (Å²) in [5.74, 6) is 0.151. The van der Waals surface area contributed by atoms with Crippen LogP contribution in [0.2, 0.25) is 0 Å². The van der Waals surface area contributed by atoms with Gasteiger partial charge in [-0.2, -0.15) is 0 Å². The van der Waals surface area contributed by atoms with Crippen LogP contribution in [0.4, 0.5) is 5.69 Å². The number of hydrogen-bond acceptors (Lipinski definition) is 5. The number of carbonyl (C=O) groups excluding carboxylic acids is 1. The number of non-ortho nitro benzene ring substituents is 1. The number of ether oxygens (including phenoxy) is 1. The number of carbonyl (C=O) groups is 1. The highest BCUT2D eigenvalue weighted by molar-refractivity contribution is 5.77. The summed E-state index contributed by atoms with van der Waals surface area (Å²) >= 11 is 0. The van der Waals surface area contributed by atoms with Gasteiger partial charge in [0, 0.05) is 30.3 Å². The maximum Gasteiger partial charge on any atom is 0.270 e. The highest BCUT2D eigenvalue weighted by atomic mass is 16.6. The normalized spacial score (nSPS) is 11.8. The molecule has 1 rings (SSSR count). The van der Waals surface area contributed by atoms with Crippen molar-refractivity contribution in [2.75, 3.05) is 6.61 Å². The molecule has 1 amide bonds. The van der Waals surface area contributed by atoms with Crippen molar-refractivity contribution >= 4 is 11.6 Å². The molecule has 1 unspecified atom stereocenters. The van der Waals surface area contributed by atoms with Gasteiger partial charge in [-0.05, 0) is 19.4 Å². The van der Waals surface area contributed by atoms with Crippen LogP contribution in [0.5, 0.6) is 5.75 Å². The maximum absolute atomic E-state index is 11.6. The minimum atomic E-state index is -0.501. The Morgan fingerprint density at radius 2 is 2.25 bits per heavy atom. The number of nitrogens with zero attached hydrogens (tertiary/aromatic N) is 1. The van der Waals surface area contributed by atoms with Crippen molar-refractivity contribution in [1.29, 1.82) is 0 Å². The minimum absolute atomic E-state index is 0.0538. The van der Waals surface area contributed by atoms with Crippen LogP contribution < -0.4 is 15.8 Å². The molecule has 0 aliphatic heterocycles. The van der Waals surface area contributed by atoms with Crippen molar-refractivity contribution in [1.82, 2.24) is 5.32 Å². The number of benzene rings is 1. The Hall–Kier alpha value is -2.15. The fraction of sp³-hybridized carbons (Fsp3) is 0.462. The van der Waals surface area contributed by atoms with E-state index in [1.165, 1.54) is 18.2 Å². The Labute approximate surface area is 117 Å². The van der Waals surface area contributed by atoms with Crippen molar-refractivity contribution in [3.05, 3.63) is 33.9 Å². The van der Waals surface area contributed by atoms with Gasteiger partial charge in [-0.3, -0.25) is 14.9 Å². The molecule has 0 heterocycles. The van der Waals surface area contributed by atoms with Crippen LogP contribution in [-0.2, 0) is 11.3 Å². The first-order chi connectivity index (χ1) is 9.47. The van der Waals surface area contributed by atoms with Gasteiger partial charge in [-0.15, -0.1) is 0 Å². The molecule has 3 N–H and O–H groups in total. The topological polar surface area (TPSA) is 107 Å². The average molecular weight is 281 g/mol. The highest BCUT2D eigenvalue weighted by Gasteiger charge is 2.12. The average Bonchev–Trinajstić information content (AvgIpc) is 2.44. The molecule has 0 aliphatic carbocycles. The lowest BCUT2D eigenvalue weighted by Crippen LogP contribution is -2.35. The van der Waals surface area contributed by atoms with Gasteiger partial charge in [-0.1, -0.05) is 6.92 Å². The van der Waals surface area contributed by atoms with Crippen molar-refractivity contribution in [3.8, 4) is 5.75 Å². The fourth-order valence-electron chi connectivity index (χ4n) is 1.54. The van der Waals surface area contributed by atoms with E-state index >= 15 is 0 Å². The van der Waals surface area contributed by atoms with E-state index in [1.807, 2.05) is 13.8 Å². The summed E-state index contributed by atoms with van der Waals surface area (Å²) in [5.41, 5.74) is 5.97. The largest absolute Gasteiger partial charge is 0.483 e. The zero-order valence-corrected chi connectivity index (χ0v) is 11.6. The van der Waals surface area contributed by atoms with E-state index in [4.69, 9.17) is 10.5 Å². The second kappa shape index (κ2) is 7.44. The lowest BCUT2D eigenvalue weighted by atomic mass is 10.2. The molecule has 0 aromatic heterocycles. The number of amides is 1. The van der Waals surface area contributed by atoms with E-state index in [-0.39, 0.29) is 30.8 Å². The summed E-state index contributed by atoms with van der Waals surface area (Å²) in [4.78, 5) is 21.7. The molecule has 0 saturated heterocycles. The Balaban J connectivity index is 2.68. The van der Waals surface area contributed by atoms with E-state index in [1.54, 1.807) is 0 Å². The van der Waals surface area contributed by atoms with Crippen LogP contribution in [-0.4, -0.2) is 23.5 Å². The van der Waals surface area contributed by atoms with Gasteiger partial charge in [0.05, 0.1) is 4.92 Å². The molecule has 0 saturated carbocycles. The minimum Gasteiger partial charge on any atom is -0.483 e. The second-order valence-electron chi connectivity index (χ2n) is 4.42. The van der Waals surface area contributed by atoms with Crippen LogP contribution in [0.3, 0.4) is 0 Å². The molecule has 110 valence electrons. The zero-order chi connectivity index (χ0) is 15.1. The molecular weight excluding hydrogens is 262 g/mol. The lowest BCUT2D eigenvalue weighted by Gasteiger charge is -2.13. The second-order valence-corrected chi connectivity index (χ2v) is 4.42. The summed E-state index contributed by atoms with van der Waals surface area (Å²) in [6.45, 7) is 3.82. The Morgan fingerprint density at radius 3 is 2.80 bits per heavy atom. The first-order valence-corrected chi connectivity index (χ1v) is 6.37. The molecule has 0 aliphatic rings. The third kappa shape index (κ3) is 4.51. The predicted molar refractivity (Wildman–Crippen MR) is 74.4 cm³/mol. The van der Waals surface area contributed by atoms with E-state index in [0.717, 1.165) is 6.42 Å². The fourth-order valence-corrected chi connectivity index (χ4v) is 1.54. The van der Waals surface area contributed by atoms with Gasteiger partial charge in [-0.25, -0.2) is 0 Å². The van der Waals surface area contributed by atoms with E-state index < -0.39 is 4.92 Å². The summed E-state index contributed by atoms with van der Waals surface area (Å²) in [6.07, 6.45) is 0.831. The third-order valence-corrected chi connectivity index (χ3v) is 2.85. The number of nitrogens with one attached hydrogen (secondary N) is 1. The molecule has 1 atom stereocenters. The maximum atomic E-state index is 11.6. The van der Waals surface area contributed by atoms with E-state index in [2.05, 4.69) is 5.32 Å². The first-order valence-electron chi connectivity index (χ1n) is 6.37. The quantitative estimate of drug-likeness (QED) is 0.579. The summed E-state index contributed by atoms with van der Waals surface area (Å²) in [6, 6.07) is 4.21. The Morgan fingerprint density at radius 1 is 1.55 bits per heavy atom. The molecule has 20 heavy (non-hydrogen) atoms. The van der Waals surface area contributed by atoms with Gasteiger partial charge in [0.25, 0.3) is 11.6 Å². The van der Waals surface area contributed by atoms with E-state index in [0.29, 0.717) is 11.3 Å². The zero-order valence-electron chi connectivity index (χ0n) is 11.6. The van der Waals surface area contributed by atoms with Gasteiger partial charge >= 0.3 is 0 Å². The van der Waals surface area contributed by atoms with Crippen LogP contribution >= 0.6 is 0 Å². The molecule has 0 spiro atoms. The van der Waals surface area contributed by atoms with Crippen LogP contribution in [0.25, 0.3) is 0 Å². The standard InChI is InChI=1S/C13H19N3O4/c1-3-9(2)15-13(17)8-20-12-5-4-11(16(18)19)6-10(12)7-14/h4-6,9H,3,7-8,14H2,1-2H3,(H,15,17). The molecule has 0 bridgehead atoms. The lowest BCUT2D eigenvalue weighted by molar-refractivity contribution is -0.384. The van der Waals surface area contributed by atoms with Crippen LogP contribution in [0.1, 0.15) is 25.8 Å². The monoisotopic (exact) mass is 281 g/mol. The SMILES string of the molecule is CCC(C)NC(=O)COc1ccc([N+](=O)[O-])cc1CN. The summed E-state index contributed by atoms with van der Waals surface area (Å²) in [5, 5.41) is 13.4. The molecule has 0 radical (unpaired) electrons. The number of hydrogen-bond donors (Lipinski definition) is 2. The molecule has 7 nitrogen and oxygen atoms in total. The molecule has 7 heteroatoms. The van der Waals surface area contributed by atoms with Crippen molar-refractivity contribution in [2.24, 2.45) is 5.73 Å². The van der Waals surface area contributed by atoms with Crippen LogP contribution in [0.15, 0.2) is 18.2 Å². The third-order valence-electron chi connectivity index (χ3n) is 2.85. The molecular formula is C13H19N3O4. The van der Waals surface area contributed by atoms with Crippen molar-refractivity contribution in [3.63, 3.8) is 0 Å². The highest BCUT2D eigenvalue weighted by Crippen LogP contribution is 2.23. The number of rotatable bonds is 7. The van der Waals surface area contributed by atoms with E-state index in [9.17, 15) is 14.9 Å².